The van der Waals surface area contributed by atoms with Crippen molar-refractivity contribution in [3.63, 3.8) is 0 Å². The van der Waals surface area contributed by atoms with Crippen LogP contribution in [0.5, 0.6) is 0 Å². The molecule has 1 atom stereocenters. The average Bonchev–Trinajstić information content (AvgIpc) is 2.49. The normalized spacial score (nSPS) is 16.6. The summed E-state index contributed by atoms with van der Waals surface area (Å²) >= 11 is 0. The Morgan fingerprint density at radius 2 is 1.11 bits per heavy atom. The summed E-state index contributed by atoms with van der Waals surface area (Å²) in [5.74, 6) is -37.0. The fourth-order valence-electron chi connectivity index (χ4n) is 1.45. The van der Waals surface area contributed by atoms with Gasteiger partial charge in [-0.1, -0.05) is 0 Å². The molecule has 164 valence electrons. The molecule has 0 bridgehead atoms. The van der Waals surface area contributed by atoms with E-state index in [1.165, 1.54) is 0 Å². The Morgan fingerprint density at radius 3 is 1.48 bits per heavy atom. The molecule has 0 amide bonds. The van der Waals surface area contributed by atoms with Crippen LogP contribution in [0.15, 0.2) is 0 Å². The van der Waals surface area contributed by atoms with Gasteiger partial charge in [-0.3, -0.25) is 0 Å². The Hall–Kier alpha value is -1.03. The maximum atomic E-state index is 13.3. The predicted molar refractivity (Wildman–Crippen MR) is 61.3 cm³/mol. The van der Waals surface area contributed by atoms with Crippen molar-refractivity contribution in [1.29, 1.82) is 0 Å². The van der Waals surface area contributed by atoms with Crippen molar-refractivity contribution in [3.05, 3.63) is 0 Å². The average molecular weight is 437 g/mol. The smallest absolute Gasteiger partial charge is 0.389 e. The van der Waals surface area contributed by atoms with Crippen LogP contribution in [0.3, 0.4) is 0 Å². The first-order chi connectivity index (χ1) is 11.7. The van der Waals surface area contributed by atoms with Gasteiger partial charge in [-0.25, -0.2) is 0 Å². The Kier molecular flexibility index (Phi) is 7.47. The summed E-state index contributed by atoms with van der Waals surface area (Å²) in [5, 5.41) is 8.85. The molecule has 0 aliphatic heterocycles. The van der Waals surface area contributed by atoms with E-state index in [2.05, 4.69) is 4.74 Å². The highest BCUT2D eigenvalue weighted by Gasteiger charge is 2.90. The highest BCUT2D eigenvalue weighted by Crippen LogP contribution is 2.60. The van der Waals surface area contributed by atoms with Crippen molar-refractivity contribution in [2.24, 2.45) is 5.73 Å². The summed E-state index contributed by atoms with van der Waals surface area (Å²) in [7, 11) is 0. The van der Waals surface area contributed by atoms with E-state index >= 15 is 0 Å². The van der Waals surface area contributed by atoms with Gasteiger partial charge in [0.15, 0.2) is 0 Å². The lowest BCUT2D eigenvalue weighted by Gasteiger charge is -2.39. The Morgan fingerprint density at radius 1 is 0.704 bits per heavy atom. The van der Waals surface area contributed by atoms with Gasteiger partial charge < -0.3 is 15.6 Å². The zero-order valence-corrected chi connectivity index (χ0v) is 12.8. The lowest BCUT2D eigenvalue weighted by molar-refractivity contribution is -0.440. The van der Waals surface area contributed by atoms with E-state index in [0.717, 1.165) is 0 Å². The first-order valence-electron chi connectivity index (χ1n) is 6.62. The molecule has 0 unspecified atom stereocenters. The molecule has 3 N–H and O–H groups in total. The maximum absolute atomic E-state index is 13.3. The van der Waals surface area contributed by atoms with Gasteiger partial charge in [0.1, 0.15) is 0 Å². The van der Waals surface area contributed by atoms with Crippen LogP contribution in [-0.4, -0.2) is 66.8 Å². The van der Waals surface area contributed by atoms with E-state index in [-0.39, 0.29) is 0 Å². The molecule has 0 aliphatic rings. The maximum Gasteiger partial charge on any atom is 0.460 e. The van der Waals surface area contributed by atoms with Crippen molar-refractivity contribution in [3.8, 4) is 0 Å². The number of ether oxygens (including phenoxy) is 1. The number of rotatable bonds is 10. The van der Waals surface area contributed by atoms with Gasteiger partial charge in [0, 0.05) is 13.0 Å². The zero-order valence-electron chi connectivity index (χ0n) is 12.8. The van der Waals surface area contributed by atoms with Crippen LogP contribution in [0.4, 0.5) is 57.1 Å². The first-order valence-corrected chi connectivity index (χ1v) is 6.62. The summed E-state index contributed by atoms with van der Waals surface area (Å²) in [4.78, 5) is 0. The van der Waals surface area contributed by atoms with Gasteiger partial charge in [0.05, 0.1) is 19.3 Å². The first kappa shape index (κ1) is 26.0. The summed E-state index contributed by atoms with van der Waals surface area (Å²) in [6.07, 6.45) is -11.4. The molecule has 0 aliphatic carbocycles. The van der Waals surface area contributed by atoms with Crippen LogP contribution < -0.4 is 5.73 Å². The number of alkyl halides is 13. The molecule has 0 radical (unpaired) electrons. The van der Waals surface area contributed by atoms with Crippen molar-refractivity contribution >= 4 is 0 Å². The molecule has 0 fully saturated rings. The predicted octanol–water partition coefficient (Wildman–Crippen LogP) is 3.45. The molecular formula is C11H12F13NO2. The minimum absolute atomic E-state index is 0.497. The molecule has 0 saturated carbocycles. The Balaban J connectivity index is 5.62. The van der Waals surface area contributed by atoms with E-state index in [0.29, 0.717) is 0 Å². The summed E-state index contributed by atoms with van der Waals surface area (Å²) in [6, 6.07) is 0. The van der Waals surface area contributed by atoms with E-state index in [1.54, 1.807) is 0 Å². The standard InChI is InChI=1S/C11H12F13NO2/c12-6(13,1-2-27-4-5(26)3-25)7(14,15)8(16,17)9(18,19)10(20,21)11(22,23)24/h5,26H,1-4,25H2/t5-/m1/s1. The Bertz CT molecular complexity index is 491. The number of hydrogen-bond acceptors (Lipinski definition) is 3. The lowest BCUT2D eigenvalue weighted by atomic mass is 9.93. The van der Waals surface area contributed by atoms with Crippen LogP contribution in [-0.2, 0) is 4.74 Å². The monoisotopic (exact) mass is 437 g/mol. The highest BCUT2D eigenvalue weighted by molar-refractivity contribution is 5.10. The fraction of sp³-hybridized carbons (Fsp3) is 1.00. The summed E-state index contributed by atoms with van der Waals surface area (Å²) < 4.78 is 170. The third-order valence-corrected chi connectivity index (χ3v) is 3.14. The van der Waals surface area contributed by atoms with Crippen LogP contribution in [0.2, 0.25) is 0 Å². The van der Waals surface area contributed by atoms with Crippen LogP contribution in [0, 0.1) is 0 Å². The van der Waals surface area contributed by atoms with Crippen LogP contribution in [0.1, 0.15) is 6.42 Å². The largest absolute Gasteiger partial charge is 0.460 e. The van der Waals surface area contributed by atoms with Crippen molar-refractivity contribution in [1.82, 2.24) is 0 Å². The molecule has 0 aromatic heterocycles. The summed E-state index contributed by atoms with van der Waals surface area (Å²) in [6.45, 7) is -2.93. The van der Waals surface area contributed by atoms with E-state index < -0.39 is 68.1 Å². The Labute approximate surface area is 142 Å². The van der Waals surface area contributed by atoms with Gasteiger partial charge in [0.25, 0.3) is 0 Å². The third kappa shape index (κ3) is 4.52. The van der Waals surface area contributed by atoms with E-state index in [4.69, 9.17) is 10.8 Å². The van der Waals surface area contributed by atoms with Gasteiger partial charge >= 0.3 is 35.8 Å². The quantitative estimate of drug-likeness (QED) is 0.407. The number of hydrogen-bond donors (Lipinski definition) is 2. The zero-order chi connectivity index (χ0) is 22.1. The molecular weight excluding hydrogens is 425 g/mol. The molecule has 0 heterocycles. The molecule has 0 aromatic rings. The third-order valence-electron chi connectivity index (χ3n) is 3.14. The van der Waals surface area contributed by atoms with Crippen molar-refractivity contribution in [2.75, 3.05) is 19.8 Å². The highest BCUT2D eigenvalue weighted by atomic mass is 19.4. The van der Waals surface area contributed by atoms with Gasteiger partial charge in [0.2, 0.25) is 0 Å². The van der Waals surface area contributed by atoms with Crippen molar-refractivity contribution < 1.29 is 66.9 Å². The van der Waals surface area contributed by atoms with Gasteiger partial charge in [-0.15, -0.1) is 0 Å². The van der Waals surface area contributed by atoms with Crippen LogP contribution in [0.25, 0.3) is 0 Å². The minimum Gasteiger partial charge on any atom is -0.389 e. The number of nitrogens with two attached hydrogens (primary N) is 1. The fourth-order valence-corrected chi connectivity index (χ4v) is 1.45. The molecule has 27 heavy (non-hydrogen) atoms. The number of halogens is 13. The number of aliphatic hydroxyl groups excluding tert-OH is 1. The number of aliphatic hydroxyl groups is 1. The molecule has 0 spiro atoms. The van der Waals surface area contributed by atoms with E-state index in [1.807, 2.05) is 0 Å². The second kappa shape index (κ2) is 7.77. The SMILES string of the molecule is NC[C@@H](O)COCCC(F)(F)C(F)(F)C(F)(F)C(F)(F)C(F)(F)C(F)(F)F. The molecule has 0 rings (SSSR count). The molecule has 3 nitrogen and oxygen atoms in total. The van der Waals surface area contributed by atoms with Gasteiger partial charge in [-0.05, 0) is 0 Å². The second-order valence-electron chi connectivity index (χ2n) is 5.21. The molecule has 16 heteroatoms. The second-order valence-corrected chi connectivity index (χ2v) is 5.21. The molecule has 0 saturated heterocycles. The lowest BCUT2D eigenvalue weighted by Crippen LogP contribution is -2.70. The minimum atomic E-state index is -7.91. The van der Waals surface area contributed by atoms with Crippen molar-refractivity contribution in [2.45, 2.75) is 48.3 Å². The van der Waals surface area contributed by atoms with Gasteiger partial charge in [-0.2, -0.15) is 57.1 Å². The topological polar surface area (TPSA) is 55.5 Å². The summed E-state index contributed by atoms with van der Waals surface area (Å²) in [5.41, 5.74) is 4.85. The molecule has 0 aromatic carbocycles. The van der Waals surface area contributed by atoms with E-state index in [9.17, 15) is 57.1 Å². The van der Waals surface area contributed by atoms with Crippen LogP contribution >= 0.6 is 0 Å².